The van der Waals surface area contributed by atoms with Gasteiger partial charge in [0, 0.05) is 18.2 Å². The summed E-state index contributed by atoms with van der Waals surface area (Å²) in [6.07, 6.45) is -2.49. The number of aliphatic hydroxyl groups is 2. The maximum atomic E-state index is 12.4. The molecule has 1 aliphatic heterocycles. The van der Waals surface area contributed by atoms with Crippen LogP contribution in [0.25, 0.3) is 0 Å². The number of nitrogens with zero attached hydrogens (tertiary/aromatic N) is 1. The minimum atomic E-state index is -3.39. The van der Waals surface area contributed by atoms with E-state index in [9.17, 15) is 24.6 Å². The second-order valence-corrected chi connectivity index (χ2v) is 11.6. The summed E-state index contributed by atoms with van der Waals surface area (Å²) in [5.41, 5.74) is -1.38. The molecule has 0 bridgehead atoms. The fraction of sp³-hybridized carbons (Fsp3) is 0.500. The number of aliphatic hydroxyl groups excluding tert-OH is 2. The molecule has 198 valence electrons. The predicted molar refractivity (Wildman–Crippen MR) is 133 cm³/mol. The molecule has 1 aromatic heterocycles. The summed E-state index contributed by atoms with van der Waals surface area (Å²) in [5.74, 6) is -0.975. The van der Waals surface area contributed by atoms with E-state index in [0.29, 0.717) is 5.75 Å². The van der Waals surface area contributed by atoms with Crippen LogP contribution in [-0.4, -0.2) is 63.3 Å². The van der Waals surface area contributed by atoms with Crippen LogP contribution in [0.4, 0.5) is 0 Å². The number of aromatic nitrogens is 2. The van der Waals surface area contributed by atoms with Gasteiger partial charge in [0.1, 0.15) is 17.9 Å². The summed E-state index contributed by atoms with van der Waals surface area (Å²) < 4.78 is 24.0. The van der Waals surface area contributed by atoms with Crippen LogP contribution in [0.3, 0.4) is 0 Å². The molecule has 4 N–H and O–H groups in total. The van der Waals surface area contributed by atoms with E-state index in [0.717, 1.165) is 10.6 Å². The number of hydrogen-bond acceptors (Lipinski definition) is 10. The van der Waals surface area contributed by atoms with Gasteiger partial charge in [0.15, 0.2) is 6.23 Å². The Labute approximate surface area is 212 Å². The van der Waals surface area contributed by atoms with Gasteiger partial charge in [-0.15, -0.1) is 0 Å². The zero-order valence-electron chi connectivity index (χ0n) is 20.0. The van der Waals surface area contributed by atoms with Crippen molar-refractivity contribution in [3.05, 3.63) is 63.4 Å². The minimum absolute atomic E-state index is 0.236. The third-order valence-corrected chi connectivity index (χ3v) is 7.79. The molecule has 0 saturated carbocycles. The van der Waals surface area contributed by atoms with Gasteiger partial charge in [-0.25, -0.2) is 9.88 Å². The van der Waals surface area contributed by atoms with Gasteiger partial charge in [0.25, 0.3) is 5.56 Å². The van der Waals surface area contributed by atoms with Crippen LogP contribution >= 0.6 is 6.64 Å². The molecule has 1 fully saturated rings. The zero-order valence-corrected chi connectivity index (χ0v) is 21.7. The van der Waals surface area contributed by atoms with E-state index in [1.54, 1.807) is 51.1 Å². The lowest BCUT2D eigenvalue weighted by atomic mass is 9.99. The van der Waals surface area contributed by atoms with Gasteiger partial charge in [0.2, 0.25) is 0 Å². The zero-order chi connectivity index (χ0) is 26.5. The predicted octanol–water partition coefficient (Wildman–Crippen LogP) is 0.653. The Bertz CT molecular complexity index is 1190. The molecule has 2 aromatic rings. The fourth-order valence-electron chi connectivity index (χ4n) is 3.54. The second-order valence-electron chi connectivity index (χ2n) is 8.45. The molecule has 36 heavy (non-hydrogen) atoms. The third-order valence-electron chi connectivity index (χ3n) is 5.29. The number of carbonyl (C=O) groups excluding carboxylic acids is 1. The second kappa shape index (κ2) is 12.2. The highest BCUT2D eigenvalue weighted by Crippen LogP contribution is 2.46. The average molecular weight is 544 g/mol. The lowest BCUT2D eigenvalue weighted by Gasteiger charge is -2.28. The number of hydrogen-bond donors (Lipinski definition) is 4. The Kier molecular flexibility index (Phi) is 9.59. The molecule has 6 atom stereocenters. The lowest BCUT2D eigenvalue weighted by molar-refractivity contribution is -0.149. The highest BCUT2D eigenvalue weighted by Gasteiger charge is 2.45. The van der Waals surface area contributed by atoms with Gasteiger partial charge >= 0.3 is 18.3 Å². The Morgan fingerprint density at radius 3 is 2.56 bits per heavy atom. The van der Waals surface area contributed by atoms with Crippen molar-refractivity contribution in [3.8, 4) is 5.75 Å². The van der Waals surface area contributed by atoms with Crippen LogP contribution in [0.2, 0.25) is 0 Å². The minimum Gasteiger partial charge on any atom is -0.462 e. The van der Waals surface area contributed by atoms with Gasteiger partial charge in [-0.1, -0.05) is 18.2 Å². The van der Waals surface area contributed by atoms with Crippen molar-refractivity contribution < 1.29 is 33.5 Å². The Balaban J connectivity index is 1.79. The van der Waals surface area contributed by atoms with E-state index in [1.807, 2.05) is 0 Å². The van der Waals surface area contributed by atoms with Gasteiger partial charge in [-0.3, -0.25) is 19.1 Å². The summed E-state index contributed by atoms with van der Waals surface area (Å²) >= 11 is 5.66. The SMILES string of the molecule is CC(C)OC(=O)C(C)NP(=S)(OCC1OC(n2ccc(=O)[nH]c2=O)C(O)C1CO)Oc1ccccc1. The molecule has 0 aliphatic carbocycles. The molecular formula is C22H30N3O9PS. The van der Waals surface area contributed by atoms with Crippen LogP contribution < -0.4 is 20.9 Å². The number of aromatic amines is 1. The van der Waals surface area contributed by atoms with E-state index in [2.05, 4.69) is 10.1 Å². The molecule has 14 heteroatoms. The van der Waals surface area contributed by atoms with Gasteiger partial charge in [0.05, 0.1) is 25.4 Å². The number of rotatable bonds is 11. The van der Waals surface area contributed by atoms with Crippen molar-refractivity contribution >= 4 is 24.4 Å². The molecule has 1 saturated heterocycles. The lowest BCUT2D eigenvalue weighted by Crippen LogP contribution is -2.37. The Morgan fingerprint density at radius 2 is 1.94 bits per heavy atom. The van der Waals surface area contributed by atoms with Crippen molar-refractivity contribution in [2.75, 3.05) is 13.2 Å². The number of para-hydroxylation sites is 1. The standard InChI is InChI=1S/C22H30N3O9PS/c1-13(2)32-21(29)14(3)24-35(36,34-15-7-5-4-6-8-15)31-12-17-16(11-26)19(28)20(33-17)25-10-9-18(27)23-22(25)30/h4-10,13-14,16-17,19-20,26,28H,11-12H2,1-3H3,(H,24,36)(H,23,27,30). The molecule has 0 amide bonds. The molecule has 1 aliphatic rings. The van der Waals surface area contributed by atoms with Crippen molar-refractivity contribution in [3.63, 3.8) is 0 Å². The molecule has 3 rings (SSSR count). The van der Waals surface area contributed by atoms with E-state index in [-0.39, 0.29) is 12.7 Å². The molecule has 12 nitrogen and oxygen atoms in total. The maximum absolute atomic E-state index is 12.4. The van der Waals surface area contributed by atoms with Crippen molar-refractivity contribution in [2.24, 2.45) is 5.92 Å². The van der Waals surface area contributed by atoms with E-state index in [1.165, 1.54) is 6.20 Å². The number of carbonyl (C=O) groups is 1. The van der Waals surface area contributed by atoms with E-state index >= 15 is 0 Å². The largest absolute Gasteiger partial charge is 0.462 e. The Morgan fingerprint density at radius 1 is 1.25 bits per heavy atom. The van der Waals surface area contributed by atoms with E-state index in [4.69, 9.17) is 30.3 Å². The summed E-state index contributed by atoms with van der Waals surface area (Å²) in [5, 5.41) is 23.5. The molecule has 2 heterocycles. The molecular weight excluding hydrogens is 513 g/mol. The maximum Gasteiger partial charge on any atom is 0.330 e. The molecule has 0 spiro atoms. The highest BCUT2D eigenvalue weighted by molar-refractivity contribution is 8.09. The fourth-order valence-corrected chi connectivity index (χ4v) is 5.96. The Hall–Kier alpha value is -2.38. The summed E-state index contributed by atoms with van der Waals surface area (Å²) in [7, 11) is 0. The third kappa shape index (κ3) is 7.10. The first-order valence-corrected chi connectivity index (χ1v) is 13.9. The first-order chi connectivity index (χ1) is 17.0. The molecule has 1 aromatic carbocycles. The van der Waals surface area contributed by atoms with Crippen LogP contribution in [0.15, 0.2) is 52.2 Å². The number of esters is 1. The summed E-state index contributed by atoms with van der Waals surface area (Å²) in [6.45, 7) is 0.907. The average Bonchev–Trinajstić information content (AvgIpc) is 3.13. The van der Waals surface area contributed by atoms with Crippen LogP contribution in [-0.2, 0) is 30.6 Å². The van der Waals surface area contributed by atoms with Crippen LogP contribution in [0, 0.1) is 5.92 Å². The molecule has 6 unspecified atom stereocenters. The first kappa shape index (κ1) is 28.2. The number of nitrogens with one attached hydrogen (secondary N) is 2. The number of ether oxygens (including phenoxy) is 2. The number of H-pyrrole nitrogens is 1. The van der Waals surface area contributed by atoms with Gasteiger partial charge in [-0.05, 0) is 44.7 Å². The normalized spacial score (nSPS) is 24.3. The van der Waals surface area contributed by atoms with Gasteiger partial charge in [-0.2, -0.15) is 0 Å². The van der Waals surface area contributed by atoms with Crippen LogP contribution in [0.1, 0.15) is 27.0 Å². The summed E-state index contributed by atoms with van der Waals surface area (Å²) in [6, 6.07) is 8.89. The molecule has 0 radical (unpaired) electrons. The van der Waals surface area contributed by atoms with Gasteiger partial charge < -0.3 is 28.7 Å². The first-order valence-electron chi connectivity index (χ1n) is 11.3. The van der Waals surface area contributed by atoms with Crippen molar-refractivity contribution in [1.82, 2.24) is 14.6 Å². The summed E-state index contributed by atoms with van der Waals surface area (Å²) in [4.78, 5) is 38.0. The van der Waals surface area contributed by atoms with Crippen molar-refractivity contribution in [2.45, 2.75) is 51.4 Å². The topological polar surface area (TPSA) is 161 Å². The van der Waals surface area contributed by atoms with E-state index < -0.39 is 60.9 Å². The van der Waals surface area contributed by atoms with Crippen molar-refractivity contribution in [1.29, 1.82) is 0 Å². The highest BCUT2D eigenvalue weighted by atomic mass is 32.5. The monoisotopic (exact) mass is 543 g/mol. The quantitative estimate of drug-likeness (QED) is 0.233. The van der Waals surface area contributed by atoms with Crippen LogP contribution in [0.5, 0.6) is 5.75 Å². The smallest absolute Gasteiger partial charge is 0.330 e. The number of benzene rings is 1.